The zero-order valence-corrected chi connectivity index (χ0v) is 13.6. The van der Waals surface area contributed by atoms with Crippen LogP contribution in [0.2, 0.25) is 0 Å². The predicted molar refractivity (Wildman–Crippen MR) is 89.2 cm³/mol. The molecule has 4 heteroatoms. The Morgan fingerprint density at radius 2 is 1.70 bits per heavy atom. The first-order valence-electron chi connectivity index (χ1n) is 7.78. The number of rotatable bonds is 2. The average Bonchev–Trinajstić information content (AvgIpc) is 2.51. The molecule has 0 unspecified atom stereocenters. The first-order chi connectivity index (χ1) is 9.74. The number of piperidine rings is 2. The van der Waals surface area contributed by atoms with Gasteiger partial charge in [0.1, 0.15) is 0 Å². The molecule has 0 radical (unpaired) electrons. The number of halogens is 1. The zero-order valence-electron chi connectivity index (χ0n) is 12.0. The standard InChI is InChI=1S/C16H24BrN3/c17-13-4-5-15(18)16(12-13)20-10-6-14(7-11-20)19-8-2-1-3-9-19/h4-5,12,14H,1-3,6-11,18H2. The van der Waals surface area contributed by atoms with E-state index in [0.717, 1.165) is 29.3 Å². The second kappa shape index (κ2) is 6.35. The summed E-state index contributed by atoms with van der Waals surface area (Å²) in [4.78, 5) is 5.16. The second-order valence-electron chi connectivity index (χ2n) is 6.02. The van der Waals surface area contributed by atoms with Crippen LogP contribution in [0.1, 0.15) is 32.1 Å². The molecule has 20 heavy (non-hydrogen) atoms. The summed E-state index contributed by atoms with van der Waals surface area (Å²) in [6.45, 7) is 4.87. The van der Waals surface area contributed by atoms with Gasteiger partial charge in [0.15, 0.2) is 0 Å². The summed E-state index contributed by atoms with van der Waals surface area (Å²) in [5, 5.41) is 0. The van der Waals surface area contributed by atoms with Crippen LogP contribution in [-0.2, 0) is 0 Å². The Morgan fingerprint density at radius 1 is 1.00 bits per heavy atom. The Balaban J connectivity index is 1.61. The molecule has 2 fully saturated rings. The molecule has 0 spiro atoms. The lowest BCUT2D eigenvalue weighted by Crippen LogP contribution is -2.46. The van der Waals surface area contributed by atoms with E-state index >= 15 is 0 Å². The van der Waals surface area contributed by atoms with Gasteiger partial charge in [0.25, 0.3) is 0 Å². The lowest BCUT2D eigenvalue weighted by Gasteiger charge is -2.41. The van der Waals surface area contributed by atoms with E-state index in [9.17, 15) is 0 Å². The van der Waals surface area contributed by atoms with Crippen LogP contribution in [0.15, 0.2) is 22.7 Å². The Hall–Kier alpha value is -0.740. The molecule has 3 nitrogen and oxygen atoms in total. The molecular formula is C16H24BrN3. The molecule has 2 N–H and O–H groups in total. The van der Waals surface area contributed by atoms with Crippen molar-refractivity contribution >= 4 is 27.3 Å². The molecule has 2 aliphatic heterocycles. The minimum atomic E-state index is 0.792. The Labute approximate surface area is 130 Å². The van der Waals surface area contributed by atoms with Gasteiger partial charge in [-0.3, -0.25) is 0 Å². The number of anilines is 2. The fourth-order valence-corrected chi connectivity index (χ4v) is 3.90. The number of nitrogens with zero attached hydrogens (tertiary/aromatic N) is 2. The van der Waals surface area contributed by atoms with Crippen molar-refractivity contribution in [1.82, 2.24) is 4.90 Å². The van der Waals surface area contributed by atoms with E-state index < -0.39 is 0 Å². The molecule has 0 saturated carbocycles. The van der Waals surface area contributed by atoms with Gasteiger partial charge in [-0.15, -0.1) is 0 Å². The summed E-state index contributed by atoms with van der Waals surface area (Å²) in [6, 6.07) is 6.95. The molecule has 1 aromatic rings. The van der Waals surface area contributed by atoms with Crippen molar-refractivity contribution in [2.24, 2.45) is 0 Å². The molecule has 0 aromatic heterocycles. The van der Waals surface area contributed by atoms with Crippen LogP contribution in [0.25, 0.3) is 0 Å². The largest absolute Gasteiger partial charge is 0.397 e. The van der Waals surface area contributed by atoms with Crippen LogP contribution in [0.3, 0.4) is 0 Å². The van der Waals surface area contributed by atoms with Gasteiger partial charge in [0.05, 0.1) is 11.4 Å². The Morgan fingerprint density at radius 3 is 2.40 bits per heavy atom. The van der Waals surface area contributed by atoms with Crippen molar-refractivity contribution in [2.45, 2.75) is 38.1 Å². The second-order valence-corrected chi connectivity index (χ2v) is 6.93. The van der Waals surface area contributed by atoms with Crippen molar-refractivity contribution in [3.8, 4) is 0 Å². The first kappa shape index (κ1) is 14.2. The van der Waals surface area contributed by atoms with Gasteiger partial charge >= 0.3 is 0 Å². The highest BCUT2D eigenvalue weighted by atomic mass is 79.9. The summed E-state index contributed by atoms with van der Waals surface area (Å²) >= 11 is 3.55. The van der Waals surface area contributed by atoms with E-state index in [-0.39, 0.29) is 0 Å². The fraction of sp³-hybridized carbons (Fsp3) is 0.625. The van der Waals surface area contributed by atoms with E-state index in [1.807, 2.05) is 12.1 Å². The van der Waals surface area contributed by atoms with Gasteiger partial charge in [-0.25, -0.2) is 0 Å². The maximum atomic E-state index is 6.12. The predicted octanol–water partition coefficient (Wildman–Crippen LogP) is 3.49. The third-order valence-corrected chi connectivity index (χ3v) is 5.20. The van der Waals surface area contributed by atoms with E-state index in [0.29, 0.717) is 0 Å². The van der Waals surface area contributed by atoms with E-state index in [2.05, 4.69) is 31.8 Å². The Bertz CT molecular complexity index is 449. The first-order valence-corrected chi connectivity index (χ1v) is 8.57. The van der Waals surface area contributed by atoms with Crippen molar-refractivity contribution in [1.29, 1.82) is 0 Å². The number of hydrogen-bond acceptors (Lipinski definition) is 3. The van der Waals surface area contributed by atoms with Gasteiger partial charge in [-0.1, -0.05) is 22.4 Å². The third-order valence-electron chi connectivity index (χ3n) is 4.70. The lowest BCUT2D eigenvalue weighted by molar-refractivity contribution is 0.141. The molecular weight excluding hydrogens is 314 g/mol. The molecule has 0 amide bonds. The summed E-state index contributed by atoms with van der Waals surface area (Å²) < 4.78 is 1.11. The molecule has 2 heterocycles. The normalized spacial score (nSPS) is 22.1. The molecule has 2 aliphatic rings. The highest BCUT2D eigenvalue weighted by molar-refractivity contribution is 9.10. The molecule has 2 saturated heterocycles. The summed E-state index contributed by atoms with van der Waals surface area (Å²) in [5.74, 6) is 0. The minimum absolute atomic E-state index is 0.792. The summed E-state index contributed by atoms with van der Waals surface area (Å²) in [7, 11) is 0. The molecule has 0 bridgehead atoms. The fourth-order valence-electron chi connectivity index (χ4n) is 3.55. The maximum absolute atomic E-state index is 6.12. The number of nitrogens with two attached hydrogens (primary N) is 1. The summed E-state index contributed by atoms with van der Waals surface area (Å²) in [5.41, 5.74) is 8.21. The van der Waals surface area contributed by atoms with Gasteiger partial charge in [0.2, 0.25) is 0 Å². The van der Waals surface area contributed by atoms with Gasteiger partial charge < -0.3 is 15.5 Å². The van der Waals surface area contributed by atoms with E-state index in [1.54, 1.807) is 0 Å². The van der Waals surface area contributed by atoms with Crippen LogP contribution in [0, 0.1) is 0 Å². The van der Waals surface area contributed by atoms with Crippen molar-refractivity contribution < 1.29 is 0 Å². The number of likely N-dealkylation sites (tertiary alicyclic amines) is 1. The highest BCUT2D eigenvalue weighted by Gasteiger charge is 2.26. The third kappa shape index (κ3) is 3.12. The number of nitrogen functional groups attached to an aromatic ring is 1. The molecule has 110 valence electrons. The summed E-state index contributed by atoms with van der Waals surface area (Å²) in [6.07, 6.45) is 6.74. The topological polar surface area (TPSA) is 32.5 Å². The van der Waals surface area contributed by atoms with Crippen LogP contribution in [0.4, 0.5) is 11.4 Å². The lowest BCUT2D eigenvalue weighted by atomic mass is 9.99. The van der Waals surface area contributed by atoms with Gasteiger partial charge in [0, 0.05) is 23.6 Å². The number of hydrogen-bond donors (Lipinski definition) is 1. The van der Waals surface area contributed by atoms with Crippen LogP contribution < -0.4 is 10.6 Å². The van der Waals surface area contributed by atoms with E-state index in [4.69, 9.17) is 5.73 Å². The van der Waals surface area contributed by atoms with Crippen molar-refractivity contribution in [3.63, 3.8) is 0 Å². The van der Waals surface area contributed by atoms with Crippen LogP contribution in [-0.4, -0.2) is 37.1 Å². The monoisotopic (exact) mass is 337 g/mol. The molecule has 0 aliphatic carbocycles. The Kier molecular flexibility index (Phi) is 4.51. The molecule has 0 atom stereocenters. The van der Waals surface area contributed by atoms with Gasteiger partial charge in [-0.2, -0.15) is 0 Å². The maximum Gasteiger partial charge on any atom is 0.0611 e. The highest BCUT2D eigenvalue weighted by Crippen LogP contribution is 2.30. The van der Waals surface area contributed by atoms with E-state index in [1.165, 1.54) is 50.9 Å². The zero-order chi connectivity index (χ0) is 13.9. The van der Waals surface area contributed by atoms with Crippen LogP contribution in [0.5, 0.6) is 0 Å². The van der Waals surface area contributed by atoms with Gasteiger partial charge in [-0.05, 0) is 57.0 Å². The smallest absolute Gasteiger partial charge is 0.0611 e. The SMILES string of the molecule is Nc1ccc(Br)cc1N1CCC(N2CCCCC2)CC1. The average molecular weight is 338 g/mol. The molecule has 1 aromatic carbocycles. The van der Waals surface area contributed by atoms with Crippen molar-refractivity contribution in [2.75, 3.05) is 36.8 Å². The molecule has 3 rings (SSSR count). The minimum Gasteiger partial charge on any atom is -0.397 e. The van der Waals surface area contributed by atoms with Crippen LogP contribution >= 0.6 is 15.9 Å². The number of benzene rings is 1. The quantitative estimate of drug-likeness (QED) is 0.838. The van der Waals surface area contributed by atoms with Crippen molar-refractivity contribution in [3.05, 3.63) is 22.7 Å².